The van der Waals surface area contributed by atoms with E-state index in [4.69, 9.17) is 0 Å². The van der Waals surface area contributed by atoms with Crippen LogP contribution in [0.3, 0.4) is 0 Å². The van der Waals surface area contributed by atoms with Crippen LogP contribution >= 0.6 is 11.8 Å². The van der Waals surface area contributed by atoms with Crippen molar-refractivity contribution in [1.29, 1.82) is 0 Å². The van der Waals surface area contributed by atoms with Crippen molar-refractivity contribution in [1.82, 2.24) is 5.32 Å². The Kier molecular flexibility index (Phi) is 4.56. The van der Waals surface area contributed by atoms with E-state index < -0.39 is 0 Å². The predicted octanol–water partition coefficient (Wildman–Crippen LogP) is 3.50. The van der Waals surface area contributed by atoms with Crippen LogP contribution in [0, 0.1) is 0 Å². The maximum atomic E-state index is 11.5. The molecule has 1 N–H and O–H groups in total. The molecular formula is C16H23NOS. The Balaban J connectivity index is 1.74. The quantitative estimate of drug-likeness (QED) is 0.892. The summed E-state index contributed by atoms with van der Waals surface area (Å²) in [5, 5.41) is 3.01. The monoisotopic (exact) mass is 277 g/mol. The number of nitrogens with one attached hydrogen (secondary N) is 1. The zero-order valence-corrected chi connectivity index (χ0v) is 12.8. The van der Waals surface area contributed by atoms with Gasteiger partial charge in [0, 0.05) is 11.8 Å². The number of carbonyl (C=O) groups is 1. The molecule has 0 aliphatic heterocycles. The molecule has 0 aromatic heterocycles. The molecule has 1 amide bonds. The van der Waals surface area contributed by atoms with Crippen LogP contribution in [0.15, 0.2) is 24.3 Å². The van der Waals surface area contributed by atoms with Gasteiger partial charge < -0.3 is 5.32 Å². The number of hydrogen-bond donors (Lipinski definition) is 1. The van der Waals surface area contributed by atoms with E-state index >= 15 is 0 Å². The summed E-state index contributed by atoms with van der Waals surface area (Å²) in [6.07, 6.45) is 2.31. The molecule has 2 nitrogen and oxygen atoms in total. The zero-order valence-electron chi connectivity index (χ0n) is 12.0. The van der Waals surface area contributed by atoms with Gasteiger partial charge in [-0.1, -0.05) is 45.0 Å². The van der Waals surface area contributed by atoms with Gasteiger partial charge in [-0.15, -0.1) is 11.8 Å². The number of amides is 1. The van der Waals surface area contributed by atoms with Crippen molar-refractivity contribution in [2.24, 2.45) is 0 Å². The lowest BCUT2D eigenvalue weighted by Gasteiger charge is -2.19. The van der Waals surface area contributed by atoms with Gasteiger partial charge >= 0.3 is 0 Å². The summed E-state index contributed by atoms with van der Waals surface area (Å²) in [5.74, 6) is 1.65. The third-order valence-electron chi connectivity index (χ3n) is 3.26. The highest BCUT2D eigenvalue weighted by Gasteiger charge is 2.22. The number of carbonyl (C=O) groups excluding carboxylic acids is 1. The predicted molar refractivity (Wildman–Crippen MR) is 82.5 cm³/mol. The normalized spacial score (nSPS) is 15.3. The number of rotatable bonds is 5. The summed E-state index contributed by atoms with van der Waals surface area (Å²) in [5.41, 5.74) is 2.85. The number of hydrogen-bond acceptors (Lipinski definition) is 2. The van der Waals surface area contributed by atoms with Crippen molar-refractivity contribution >= 4 is 17.7 Å². The van der Waals surface area contributed by atoms with E-state index in [2.05, 4.69) is 50.4 Å². The van der Waals surface area contributed by atoms with Crippen LogP contribution < -0.4 is 5.32 Å². The maximum Gasteiger partial charge on any atom is 0.230 e. The topological polar surface area (TPSA) is 29.1 Å². The molecule has 2 rings (SSSR count). The first kappa shape index (κ1) is 14.4. The first-order valence-corrected chi connectivity index (χ1v) is 8.07. The van der Waals surface area contributed by atoms with Gasteiger partial charge in [-0.2, -0.15) is 0 Å². The fraction of sp³-hybridized carbons (Fsp3) is 0.562. The van der Waals surface area contributed by atoms with Gasteiger partial charge in [0.05, 0.1) is 5.75 Å². The summed E-state index contributed by atoms with van der Waals surface area (Å²) >= 11 is 1.69. The van der Waals surface area contributed by atoms with Gasteiger partial charge in [0.15, 0.2) is 0 Å². The smallest absolute Gasteiger partial charge is 0.230 e. The Morgan fingerprint density at radius 1 is 1.26 bits per heavy atom. The summed E-state index contributed by atoms with van der Waals surface area (Å²) in [4.78, 5) is 11.5. The second kappa shape index (κ2) is 6.00. The van der Waals surface area contributed by atoms with Gasteiger partial charge in [0.2, 0.25) is 5.91 Å². The van der Waals surface area contributed by atoms with Gasteiger partial charge in [0.1, 0.15) is 0 Å². The molecule has 0 heterocycles. The lowest BCUT2D eigenvalue weighted by molar-refractivity contribution is -0.118. The highest BCUT2D eigenvalue weighted by Crippen LogP contribution is 2.23. The highest BCUT2D eigenvalue weighted by atomic mass is 32.2. The molecule has 1 aromatic rings. The van der Waals surface area contributed by atoms with E-state index in [1.165, 1.54) is 11.1 Å². The second-order valence-electron chi connectivity index (χ2n) is 6.28. The SMILES string of the molecule is CC(C)(C)c1ccc(CSCC(=O)NC2CC2)cc1. The summed E-state index contributed by atoms with van der Waals surface area (Å²) in [6.45, 7) is 6.66. The minimum Gasteiger partial charge on any atom is -0.353 e. The zero-order chi connectivity index (χ0) is 13.9. The number of benzene rings is 1. The van der Waals surface area contributed by atoms with Gasteiger partial charge in [0.25, 0.3) is 0 Å². The molecule has 3 heteroatoms. The van der Waals surface area contributed by atoms with E-state index in [9.17, 15) is 4.79 Å². The van der Waals surface area contributed by atoms with Crippen molar-refractivity contribution in [3.63, 3.8) is 0 Å². The minimum absolute atomic E-state index is 0.179. The first-order chi connectivity index (χ1) is 8.95. The Morgan fingerprint density at radius 3 is 2.42 bits per heavy atom. The van der Waals surface area contributed by atoms with E-state index in [0.29, 0.717) is 11.8 Å². The van der Waals surface area contributed by atoms with Crippen LogP contribution in [0.5, 0.6) is 0 Å². The molecule has 0 atom stereocenters. The fourth-order valence-electron chi connectivity index (χ4n) is 1.86. The van der Waals surface area contributed by atoms with Crippen molar-refractivity contribution in [3.05, 3.63) is 35.4 Å². The molecule has 1 fully saturated rings. The third kappa shape index (κ3) is 4.90. The van der Waals surface area contributed by atoms with Gasteiger partial charge in [-0.25, -0.2) is 0 Å². The van der Waals surface area contributed by atoms with Crippen LogP contribution in [-0.4, -0.2) is 17.7 Å². The van der Waals surface area contributed by atoms with E-state index in [0.717, 1.165) is 18.6 Å². The first-order valence-electron chi connectivity index (χ1n) is 6.92. The molecule has 0 unspecified atom stereocenters. The van der Waals surface area contributed by atoms with Gasteiger partial charge in [-0.05, 0) is 29.4 Å². The molecule has 0 bridgehead atoms. The summed E-state index contributed by atoms with van der Waals surface area (Å²) in [7, 11) is 0. The summed E-state index contributed by atoms with van der Waals surface area (Å²) < 4.78 is 0. The lowest BCUT2D eigenvalue weighted by Crippen LogP contribution is -2.27. The van der Waals surface area contributed by atoms with Crippen LogP contribution in [0.25, 0.3) is 0 Å². The van der Waals surface area contributed by atoms with Crippen LogP contribution in [0.2, 0.25) is 0 Å². The Bertz CT molecular complexity index is 429. The molecule has 1 aliphatic rings. The minimum atomic E-state index is 0.179. The molecule has 0 radical (unpaired) electrons. The van der Waals surface area contributed by atoms with Crippen LogP contribution in [0.1, 0.15) is 44.7 Å². The van der Waals surface area contributed by atoms with Crippen LogP contribution in [0.4, 0.5) is 0 Å². The van der Waals surface area contributed by atoms with Crippen molar-refractivity contribution in [2.45, 2.75) is 50.8 Å². The second-order valence-corrected chi connectivity index (χ2v) is 7.27. The molecular weight excluding hydrogens is 254 g/mol. The van der Waals surface area contributed by atoms with Crippen molar-refractivity contribution in [3.8, 4) is 0 Å². The molecule has 0 spiro atoms. The average molecular weight is 277 g/mol. The Morgan fingerprint density at radius 2 is 1.89 bits per heavy atom. The standard InChI is InChI=1S/C16H23NOS/c1-16(2,3)13-6-4-12(5-7-13)10-19-11-15(18)17-14-8-9-14/h4-7,14H,8-11H2,1-3H3,(H,17,18). The molecule has 104 valence electrons. The molecule has 1 aliphatic carbocycles. The average Bonchev–Trinajstić information content (AvgIpc) is 3.12. The number of thioether (sulfide) groups is 1. The summed E-state index contributed by atoms with van der Waals surface area (Å²) in [6, 6.07) is 9.21. The highest BCUT2D eigenvalue weighted by molar-refractivity contribution is 7.99. The largest absolute Gasteiger partial charge is 0.353 e. The van der Waals surface area contributed by atoms with Crippen molar-refractivity contribution < 1.29 is 4.79 Å². The van der Waals surface area contributed by atoms with E-state index in [-0.39, 0.29) is 11.3 Å². The van der Waals surface area contributed by atoms with Gasteiger partial charge in [-0.3, -0.25) is 4.79 Å². The van der Waals surface area contributed by atoms with E-state index in [1.807, 2.05) is 0 Å². The molecule has 19 heavy (non-hydrogen) atoms. The lowest BCUT2D eigenvalue weighted by atomic mass is 9.87. The molecule has 0 saturated heterocycles. The Hall–Kier alpha value is -0.960. The van der Waals surface area contributed by atoms with Crippen LogP contribution in [-0.2, 0) is 16.0 Å². The maximum absolute atomic E-state index is 11.5. The molecule has 1 aromatic carbocycles. The molecule has 1 saturated carbocycles. The third-order valence-corrected chi connectivity index (χ3v) is 4.27. The Labute approximate surface area is 120 Å². The van der Waals surface area contributed by atoms with E-state index in [1.54, 1.807) is 11.8 Å². The van der Waals surface area contributed by atoms with Crippen molar-refractivity contribution in [2.75, 3.05) is 5.75 Å². The fourth-order valence-corrected chi connectivity index (χ4v) is 2.66.